The van der Waals surface area contributed by atoms with Crippen molar-refractivity contribution in [3.63, 3.8) is 0 Å². The number of amides is 2. The van der Waals surface area contributed by atoms with Gasteiger partial charge in [-0.3, -0.25) is 14.6 Å². The zero-order valence-corrected chi connectivity index (χ0v) is 25.1. The summed E-state index contributed by atoms with van der Waals surface area (Å²) in [7, 11) is 1.59. The van der Waals surface area contributed by atoms with Gasteiger partial charge in [0.05, 0.1) is 11.2 Å². The van der Waals surface area contributed by atoms with E-state index in [1.807, 2.05) is 72.8 Å². The number of rotatable bonds is 7. The number of aromatic nitrogens is 1. The number of halogens is 2. The Morgan fingerprint density at radius 2 is 1.62 bits per heavy atom. The summed E-state index contributed by atoms with van der Waals surface area (Å²) < 4.78 is 19.9. The van der Waals surface area contributed by atoms with Gasteiger partial charge in [0.2, 0.25) is 5.91 Å². The highest BCUT2D eigenvalue weighted by atomic mass is 35.5. The number of fused-ring (bicyclic) bond motifs is 1. The topological polar surface area (TPSA) is 80.3 Å². The average molecular weight is 618 g/mol. The molecule has 6 nitrogen and oxygen atoms in total. The van der Waals surface area contributed by atoms with Crippen LogP contribution < -0.4 is 15.4 Å². The SMILES string of the molecule is CNC(=O)C1c2cc(-c3ccc(-c4ccccc4Cl)c(C(=O)NC4(c5ccccn5)CC4)c3)ccc2OC1c1ccc(F)cc1. The summed E-state index contributed by atoms with van der Waals surface area (Å²) in [5, 5.41) is 6.56. The number of ether oxygens (including phenoxy) is 1. The third-order valence-corrected chi connectivity index (χ3v) is 8.98. The minimum atomic E-state index is -0.645. The lowest BCUT2D eigenvalue weighted by Gasteiger charge is -2.20. The fraction of sp³-hybridized carbons (Fsp3) is 0.162. The van der Waals surface area contributed by atoms with Gasteiger partial charge >= 0.3 is 0 Å². The Kier molecular flexibility index (Phi) is 7.34. The minimum absolute atomic E-state index is 0.210. The van der Waals surface area contributed by atoms with Crippen LogP contribution in [0.1, 0.15) is 52.0 Å². The lowest BCUT2D eigenvalue weighted by molar-refractivity contribution is -0.123. The van der Waals surface area contributed by atoms with Gasteiger partial charge in [0.25, 0.3) is 5.91 Å². The number of hydrogen-bond acceptors (Lipinski definition) is 4. The molecule has 2 atom stereocenters. The number of hydrogen-bond donors (Lipinski definition) is 2. The molecule has 2 amide bonds. The van der Waals surface area contributed by atoms with Crippen LogP contribution in [0.4, 0.5) is 4.39 Å². The second-order valence-electron chi connectivity index (χ2n) is 11.4. The first kappa shape index (κ1) is 28.7. The molecule has 0 radical (unpaired) electrons. The van der Waals surface area contributed by atoms with E-state index in [1.165, 1.54) is 12.1 Å². The number of likely N-dealkylation sites (N-methyl/N-ethyl adjacent to an activating group) is 1. The summed E-state index contributed by atoms with van der Waals surface area (Å²) in [6, 6.07) is 30.6. The van der Waals surface area contributed by atoms with Crippen LogP contribution in [0.15, 0.2) is 109 Å². The van der Waals surface area contributed by atoms with Gasteiger partial charge in [0.1, 0.15) is 23.6 Å². The Balaban J connectivity index is 1.29. The van der Waals surface area contributed by atoms with E-state index in [1.54, 1.807) is 31.4 Å². The Labute approximate surface area is 265 Å². The van der Waals surface area contributed by atoms with Gasteiger partial charge in [0, 0.05) is 35.0 Å². The third-order valence-electron chi connectivity index (χ3n) is 8.65. The lowest BCUT2D eigenvalue weighted by atomic mass is 9.88. The molecule has 7 rings (SSSR count). The Morgan fingerprint density at radius 3 is 2.33 bits per heavy atom. The molecule has 1 saturated carbocycles. The van der Waals surface area contributed by atoms with Gasteiger partial charge in [-0.25, -0.2) is 4.39 Å². The van der Waals surface area contributed by atoms with E-state index >= 15 is 0 Å². The number of carbonyl (C=O) groups excluding carboxylic acids is 2. The highest BCUT2D eigenvalue weighted by molar-refractivity contribution is 6.33. The van der Waals surface area contributed by atoms with Crippen molar-refractivity contribution in [1.82, 2.24) is 15.6 Å². The third kappa shape index (κ3) is 5.34. The summed E-state index contributed by atoms with van der Waals surface area (Å²) in [6.07, 6.45) is 2.73. The smallest absolute Gasteiger partial charge is 0.252 e. The molecule has 0 spiro atoms. The Morgan fingerprint density at radius 1 is 0.889 bits per heavy atom. The Bertz CT molecular complexity index is 1930. The molecule has 2 N–H and O–H groups in total. The van der Waals surface area contributed by atoms with Crippen LogP contribution in [0.2, 0.25) is 5.02 Å². The predicted octanol–water partition coefficient (Wildman–Crippen LogP) is 7.59. The number of pyridine rings is 1. The van der Waals surface area contributed by atoms with E-state index in [-0.39, 0.29) is 17.6 Å². The van der Waals surface area contributed by atoms with Crippen LogP contribution in [0.5, 0.6) is 5.75 Å². The van der Waals surface area contributed by atoms with E-state index in [2.05, 4.69) is 15.6 Å². The Hall–Kier alpha value is -5.01. The van der Waals surface area contributed by atoms with Crippen molar-refractivity contribution in [2.45, 2.75) is 30.4 Å². The summed E-state index contributed by atoms with van der Waals surface area (Å²) in [6.45, 7) is 0. The molecule has 1 aliphatic heterocycles. The summed E-state index contributed by atoms with van der Waals surface area (Å²) in [5.74, 6) is -0.856. The maximum atomic E-state index is 14.1. The number of benzene rings is 4. The molecule has 1 fully saturated rings. The van der Waals surface area contributed by atoms with Gasteiger partial charge in [-0.15, -0.1) is 0 Å². The van der Waals surface area contributed by atoms with Gasteiger partial charge in [-0.2, -0.15) is 0 Å². The monoisotopic (exact) mass is 617 g/mol. The maximum Gasteiger partial charge on any atom is 0.252 e. The zero-order chi connectivity index (χ0) is 31.1. The molecule has 1 aromatic heterocycles. The fourth-order valence-electron chi connectivity index (χ4n) is 6.12. The van der Waals surface area contributed by atoms with Gasteiger partial charge in [0.15, 0.2) is 0 Å². The fourth-order valence-corrected chi connectivity index (χ4v) is 6.36. The van der Waals surface area contributed by atoms with E-state index in [0.29, 0.717) is 27.5 Å². The van der Waals surface area contributed by atoms with E-state index < -0.39 is 17.6 Å². The second-order valence-corrected chi connectivity index (χ2v) is 11.8. The van der Waals surface area contributed by atoms with Crippen molar-refractivity contribution in [2.75, 3.05) is 7.05 Å². The molecule has 0 bridgehead atoms. The first-order valence-electron chi connectivity index (χ1n) is 14.8. The van der Waals surface area contributed by atoms with Crippen molar-refractivity contribution in [3.8, 4) is 28.0 Å². The van der Waals surface area contributed by atoms with Crippen molar-refractivity contribution < 1.29 is 18.7 Å². The lowest BCUT2D eigenvalue weighted by Crippen LogP contribution is -2.35. The zero-order valence-electron chi connectivity index (χ0n) is 24.4. The number of nitrogens with one attached hydrogen (secondary N) is 2. The van der Waals surface area contributed by atoms with Crippen LogP contribution in [-0.4, -0.2) is 23.8 Å². The van der Waals surface area contributed by atoms with Crippen LogP contribution in [-0.2, 0) is 10.3 Å². The molecule has 8 heteroatoms. The predicted molar refractivity (Wildman–Crippen MR) is 172 cm³/mol. The van der Waals surface area contributed by atoms with Crippen LogP contribution in [0, 0.1) is 5.82 Å². The van der Waals surface area contributed by atoms with E-state index in [9.17, 15) is 14.0 Å². The summed E-state index contributed by atoms with van der Waals surface area (Å²) >= 11 is 6.62. The van der Waals surface area contributed by atoms with Crippen LogP contribution >= 0.6 is 11.6 Å². The summed E-state index contributed by atoms with van der Waals surface area (Å²) in [5.41, 5.74) is 5.30. The summed E-state index contributed by atoms with van der Waals surface area (Å²) in [4.78, 5) is 31.8. The molecule has 224 valence electrons. The first-order valence-corrected chi connectivity index (χ1v) is 15.2. The molecule has 2 heterocycles. The molecule has 2 unspecified atom stereocenters. The molecule has 2 aliphatic rings. The van der Waals surface area contributed by atoms with Crippen LogP contribution in [0.25, 0.3) is 22.3 Å². The van der Waals surface area contributed by atoms with E-state index in [0.717, 1.165) is 40.8 Å². The quantitative estimate of drug-likeness (QED) is 0.197. The number of nitrogens with zero attached hydrogens (tertiary/aromatic N) is 1. The van der Waals surface area contributed by atoms with Gasteiger partial charge in [-0.05, 0) is 83.6 Å². The largest absolute Gasteiger partial charge is 0.484 e. The van der Waals surface area contributed by atoms with Crippen molar-refractivity contribution in [3.05, 3.63) is 143 Å². The molecule has 5 aromatic rings. The highest BCUT2D eigenvalue weighted by Crippen LogP contribution is 2.48. The van der Waals surface area contributed by atoms with E-state index in [4.69, 9.17) is 16.3 Å². The molecule has 1 aliphatic carbocycles. The standard InChI is InChI=1S/C37H29ClFN3O3/c1-40-36(44)33-29-21-24(12-16-31(29)45-34(33)22-9-13-25(39)14-10-22)23-11-15-26(27-6-2-3-7-30(27)38)28(20-23)35(43)42-37(17-18-37)32-8-4-5-19-41-32/h2-16,19-21,33-34H,17-18H2,1H3,(H,40,44)(H,42,43). The molecule has 0 saturated heterocycles. The van der Waals surface area contributed by atoms with Crippen LogP contribution in [0.3, 0.4) is 0 Å². The normalized spacial score (nSPS) is 17.6. The highest BCUT2D eigenvalue weighted by Gasteiger charge is 2.47. The molecule has 45 heavy (non-hydrogen) atoms. The van der Waals surface area contributed by atoms with Crippen molar-refractivity contribution >= 4 is 23.4 Å². The average Bonchev–Trinajstić information content (AvgIpc) is 3.76. The first-order chi connectivity index (χ1) is 21.9. The second kappa shape index (κ2) is 11.5. The minimum Gasteiger partial charge on any atom is -0.484 e. The van der Waals surface area contributed by atoms with Crippen molar-refractivity contribution in [1.29, 1.82) is 0 Å². The maximum absolute atomic E-state index is 14.1. The van der Waals surface area contributed by atoms with Gasteiger partial charge < -0.3 is 15.4 Å². The molecular formula is C37H29ClFN3O3. The molecule has 4 aromatic carbocycles. The molecular weight excluding hydrogens is 589 g/mol. The van der Waals surface area contributed by atoms with Crippen molar-refractivity contribution in [2.24, 2.45) is 0 Å². The van der Waals surface area contributed by atoms with Gasteiger partial charge in [-0.1, -0.05) is 66.2 Å². The number of carbonyl (C=O) groups is 2.